The summed E-state index contributed by atoms with van der Waals surface area (Å²) in [7, 11) is 1.30. The van der Waals surface area contributed by atoms with Crippen molar-refractivity contribution in [2.45, 2.75) is 26.3 Å². The third-order valence-corrected chi connectivity index (χ3v) is 2.67. The summed E-state index contributed by atoms with van der Waals surface area (Å²) in [5.74, 6) is -0.193. The van der Waals surface area contributed by atoms with E-state index >= 15 is 0 Å². The molecular weight excluding hydrogens is 258 g/mol. The van der Waals surface area contributed by atoms with E-state index in [-0.39, 0.29) is 5.92 Å². The summed E-state index contributed by atoms with van der Waals surface area (Å²) in [5, 5.41) is 5.24. The quantitative estimate of drug-likeness (QED) is 0.567. The van der Waals surface area contributed by atoms with Gasteiger partial charge in [-0.2, -0.15) is 0 Å². The first-order chi connectivity index (χ1) is 9.42. The van der Waals surface area contributed by atoms with Gasteiger partial charge in [0.2, 0.25) is 0 Å². The van der Waals surface area contributed by atoms with Crippen molar-refractivity contribution >= 4 is 23.4 Å². The topological polar surface area (TPSA) is 93.4 Å². The number of nitrogens with one attached hydrogen (secondary N) is 2. The van der Waals surface area contributed by atoms with E-state index in [1.54, 1.807) is 24.3 Å². The third-order valence-electron chi connectivity index (χ3n) is 2.67. The molecular formula is C14H21N3O3. The monoisotopic (exact) mass is 279 g/mol. The molecule has 2 amide bonds. The van der Waals surface area contributed by atoms with E-state index in [2.05, 4.69) is 15.4 Å². The van der Waals surface area contributed by atoms with E-state index < -0.39 is 18.0 Å². The summed E-state index contributed by atoms with van der Waals surface area (Å²) in [6.07, 6.45) is 0.516. The number of nitrogen functional groups attached to an aromatic ring is 1. The fourth-order valence-corrected chi connectivity index (χ4v) is 1.72. The number of carbonyl (C=O) groups is 2. The Balaban J connectivity index is 2.61. The minimum atomic E-state index is -0.659. The van der Waals surface area contributed by atoms with Crippen molar-refractivity contribution in [3.8, 4) is 0 Å². The van der Waals surface area contributed by atoms with Crippen LogP contribution in [0.5, 0.6) is 0 Å². The highest BCUT2D eigenvalue weighted by Gasteiger charge is 2.22. The lowest BCUT2D eigenvalue weighted by Crippen LogP contribution is -2.44. The molecule has 1 aromatic carbocycles. The second-order valence-corrected chi connectivity index (χ2v) is 4.93. The second-order valence-electron chi connectivity index (χ2n) is 4.93. The lowest BCUT2D eigenvalue weighted by Gasteiger charge is -2.18. The van der Waals surface area contributed by atoms with Crippen LogP contribution in [0.25, 0.3) is 0 Å². The molecule has 0 spiro atoms. The Morgan fingerprint density at radius 1 is 1.25 bits per heavy atom. The van der Waals surface area contributed by atoms with Crippen LogP contribution in [0.2, 0.25) is 0 Å². The number of carbonyl (C=O) groups excluding carboxylic acids is 2. The van der Waals surface area contributed by atoms with Crippen molar-refractivity contribution in [1.29, 1.82) is 0 Å². The maximum atomic E-state index is 11.8. The van der Waals surface area contributed by atoms with Crippen LogP contribution in [0.1, 0.15) is 20.3 Å². The first kappa shape index (κ1) is 15.8. The standard InChI is InChI=1S/C14H21N3O3/c1-9(2)8-12(13(18)20-3)17-14(19)16-11-6-4-10(15)5-7-11/h4-7,9,12H,8,15H2,1-3H3,(H2,16,17,19). The SMILES string of the molecule is COC(=O)C(CC(C)C)NC(=O)Nc1ccc(N)cc1. The van der Waals surface area contributed by atoms with Crippen LogP contribution in [-0.2, 0) is 9.53 Å². The Hall–Kier alpha value is -2.24. The van der Waals surface area contributed by atoms with Crippen LogP contribution in [0.3, 0.4) is 0 Å². The van der Waals surface area contributed by atoms with E-state index in [0.717, 1.165) is 0 Å². The molecule has 20 heavy (non-hydrogen) atoms. The van der Waals surface area contributed by atoms with Crippen molar-refractivity contribution in [2.24, 2.45) is 5.92 Å². The normalized spacial score (nSPS) is 11.8. The van der Waals surface area contributed by atoms with Gasteiger partial charge in [-0.25, -0.2) is 9.59 Å². The summed E-state index contributed by atoms with van der Waals surface area (Å²) in [4.78, 5) is 23.4. The number of hydrogen-bond donors (Lipinski definition) is 3. The Labute approximate surface area is 118 Å². The second kappa shape index (κ2) is 7.37. The molecule has 110 valence electrons. The number of esters is 1. The lowest BCUT2D eigenvalue weighted by atomic mass is 10.0. The molecule has 6 nitrogen and oxygen atoms in total. The number of benzene rings is 1. The highest BCUT2D eigenvalue weighted by molar-refractivity contribution is 5.92. The van der Waals surface area contributed by atoms with E-state index in [1.165, 1.54) is 7.11 Å². The van der Waals surface area contributed by atoms with Gasteiger partial charge in [-0.05, 0) is 36.6 Å². The highest BCUT2D eigenvalue weighted by Crippen LogP contribution is 2.11. The molecule has 0 fully saturated rings. The minimum absolute atomic E-state index is 0.260. The Morgan fingerprint density at radius 3 is 2.35 bits per heavy atom. The molecule has 1 aromatic rings. The Morgan fingerprint density at radius 2 is 1.85 bits per heavy atom. The summed E-state index contributed by atoms with van der Waals surface area (Å²) < 4.78 is 4.68. The van der Waals surface area contributed by atoms with Gasteiger partial charge in [-0.15, -0.1) is 0 Å². The number of nitrogens with two attached hydrogens (primary N) is 1. The van der Waals surface area contributed by atoms with Crippen LogP contribution in [0, 0.1) is 5.92 Å². The Bertz CT molecular complexity index is 457. The van der Waals surface area contributed by atoms with Gasteiger partial charge < -0.3 is 21.1 Å². The fourth-order valence-electron chi connectivity index (χ4n) is 1.72. The lowest BCUT2D eigenvalue weighted by molar-refractivity contribution is -0.143. The predicted molar refractivity (Wildman–Crippen MR) is 78.3 cm³/mol. The predicted octanol–water partition coefficient (Wildman–Crippen LogP) is 1.98. The Kier molecular flexibility index (Phi) is 5.83. The molecule has 1 rings (SSSR count). The van der Waals surface area contributed by atoms with Crippen LogP contribution in [-0.4, -0.2) is 25.2 Å². The molecule has 0 bridgehead atoms. The van der Waals surface area contributed by atoms with Gasteiger partial charge in [0, 0.05) is 11.4 Å². The number of ether oxygens (including phenoxy) is 1. The molecule has 0 aliphatic carbocycles. The highest BCUT2D eigenvalue weighted by atomic mass is 16.5. The molecule has 4 N–H and O–H groups in total. The molecule has 0 saturated carbocycles. The van der Waals surface area contributed by atoms with Gasteiger partial charge in [-0.3, -0.25) is 0 Å². The molecule has 6 heteroatoms. The zero-order valence-corrected chi connectivity index (χ0v) is 12.0. The van der Waals surface area contributed by atoms with E-state index in [4.69, 9.17) is 5.73 Å². The van der Waals surface area contributed by atoms with Crippen molar-refractivity contribution in [3.63, 3.8) is 0 Å². The molecule has 0 saturated heterocycles. The number of methoxy groups -OCH3 is 1. The maximum Gasteiger partial charge on any atom is 0.328 e. The van der Waals surface area contributed by atoms with Crippen LogP contribution >= 0.6 is 0 Å². The molecule has 0 heterocycles. The van der Waals surface area contributed by atoms with Gasteiger partial charge in [-0.1, -0.05) is 13.8 Å². The number of amides is 2. The van der Waals surface area contributed by atoms with Crippen LogP contribution in [0.15, 0.2) is 24.3 Å². The van der Waals surface area contributed by atoms with Crippen molar-refractivity contribution in [1.82, 2.24) is 5.32 Å². The van der Waals surface area contributed by atoms with E-state index in [0.29, 0.717) is 17.8 Å². The number of urea groups is 1. The average Bonchev–Trinajstić information content (AvgIpc) is 2.39. The summed E-state index contributed by atoms with van der Waals surface area (Å²) in [6.45, 7) is 3.94. The summed E-state index contributed by atoms with van der Waals surface area (Å²) in [6, 6.07) is 5.62. The zero-order valence-electron chi connectivity index (χ0n) is 12.0. The van der Waals surface area contributed by atoms with Gasteiger partial charge in [0.1, 0.15) is 6.04 Å². The number of hydrogen-bond acceptors (Lipinski definition) is 4. The van der Waals surface area contributed by atoms with Crippen molar-refractivity contribution in [3.05, 3.63) is 24.3 Å². The van der Waals surface area contributed by atoms with E-state index in [1.807, 2.05) is 13.8 Å². The largest absolute Gasteiger partial charge is 0.467 e. The number of anilines is 2. The summed E-state index contributed by atoms with van der Waals surface area (Å²) in [5.41, 5.74) is 6.78. The average molecular weight is 279 g/mol. The first-order valence-electron chi connectivity index (χ1n) is 6.43. The maximum absolute atomic E-state index is 11.8. The van der Waals surface area contributed by atoms with Gasteiger partial charge in [0.15, 0.2) is 0 Å². The molecule has 0 radical (unpaired) electrons. The van der Waals surface area contributed by atoms with E-state index in [9.17, 15) is 9.59 Å². The zero-order chi connectivity index (χ0) is 15.1. The van der Waals surface area contributed by atoms with Crippen molar-refractivity contribution in [2.75, 3.05) is 18.2 Å². The van der Waals surface area contributed by atoms with Gasteiger partial charge >= 0.3 is 12.0 Å². The van der Waals surface area contributed by atoms with Crippen molar-refractivity contribution < 1.29 is 14.3 Å². The smallest absolute Gasteiger partial charge is 0.328 e. The summed E-state index contributed by atoms with van der Waals surface area (Å²) >= 11 is 0. The van der Waals surface area contributed by atoms with Gasteiger partial charge in [0.05, 0.1) is 7.11 Å². The molecule has 1 unspecified atom stereocenters. The third kappa shape index (κ3) is 5.17. The minimum Gasteiger partial charge on any atom is -0.467 e. The molecule has 0 aliphatic rings. The molecule has 0 aliphatic heterocycles. The van der Waals surface area contributed by atoms with Gasteiger partial charge in [0.25, 0.3) is 0 Å². The molecule has 1 atom stereocenters. The number of rotatable bonds is 5. The first-order valence-corrected chi connectivity index (χ1v) is 6.43. The fraction of sp³-hybridized carbons (Fsp3) is 0.429. The van der Waals surface area contributed by atoms with Crippen LogP contribution in [0.4, 0.5) is 16.2 Å². The van der Waals surface area contributed by atoms with Crippen LogP contribution < -0.4 is 16.4 Å². The molecule has 0 aromatic heterocycles.